The molecule has 0 radical (unpaired) electrons. The lowest BCUT2D eigenvalue weighted by Gasteiger charge is -2.06. The van der Waals surface area contributed by atoms with E-state index in [-0.39, 0.29) is 5.56 Å². The average molecular weight is 277 g/mol. The predicted octanol–water partition coefficient (Wildman–Crippen LogP) is 1.93. The van der Waals surface area contributed by atoms with E-state index in [9.17, 15) is 9.59 Å². The van der Waals surface area contributed by atoms with Gasteiger partial charge in [0.25, 0.3) is 5.97 Å². The Balaban J connectivity index is 0.000000444. The Morgan fingerprint density at radius 3 is 2.05 bits per heavy atom. The highest BCUT2D eigenvalue weighted by molar-refractivity contribution is 6.02. The van der Waals surface area contributed by atoms with Crippen molar-refractivity contribution in [2.24, 2.45) is 0 Å². The summed E-state index contributed by atoms with van der Waals surface area (Å²) in [6, 6.07) is 4.68. The number of carboxylic acids is 2. The van der Waals surface area contributed by atoms with Crippen LogP contribution in [0.5, 0.6) is 0 Å². The standard InChI is InChI=1S/C12H11NO3.C2H4O2/c1-6-3-8-9(12(15)16)5-11(14)13-10(8)4-7(6)2;1-2(3)4/h3-5H,1-2H3,(H,13,14)(H,15,16);1H3,(H,3,4). The number of aromatic nitrogens is 1. The van der Waals surface area contributed by atoms with Crippen molar-refractivity contribution < 1.29 is 19.8 Å². The van der Waals surface area contributed by atoms with Gasteiger partial charge in [0.1, 0.15) is 0 Å². The number of aryl methyl sites for hydroxylation is 2. The summed E-state index contributed by atoms with van der Waals surface area (Å²) in [5, 5.41) is 17.0. The maximum Gasteiger partial charge on any atom is 0.336 e. The molecule has 0 fully saturated rings. The maximum absolute atomic E-state index is 11.3. The molecule has 1 heterocycles. The van der Waals surface area contributed by atoms with Gasteiger partial charge in [0.05, 0.1) is 5.56 Å². The van der Waals surface area contributed by atoms with Gasteiger partial charge in [-0.3, -0.25) is 9.59 Å². The van der Waals surface area contributed by atoms with Crippen LogP contribution < -0.4 is 5.56 Å². The van der Waals surface area contributed by atoms with Crippen LogP contribution in [0.3, 0.4) is 0 Å². The summed E-state index contributed by atoms with van der Waals surface area (Å²) in [5.74, 6) is -1.92. The zero-order valence-corrected chi connectivity index (χ0v) is 11.4. The third-order valence-electron chi connectivity index (χ3n) is 2.69. The van der Waals surface area contributed by atoms with Gasteiger partial charge in [-0.05, 0) is 37.1 Å². The molecule has 0 aliphatic heterocycles. The van der Waals surface area contributed by atoms with Crippen LogP contribution in [0.2, 0.25) is 0 Å². The number of carbonyl (C=O) groups is 2. The van der Waals surface area contributed by atoms with Crippen LogP contribution in [0.4, 0.5) is 0 Å². The van der Waals surface area contributed by atoms with Crippen LogP contribution in [-0.4, -0.2) is 27.1 Å². The second-order valence-electron chi connectivity index (χ2n) is 4.35. The molecule has 6 heteroatoms. The zero-order chi connectivity index (χ0) is 15.4. The molecular weight excluding hydrogens is 262 g/mol. The molecule has 0 atom stereocenters. The molecule has 1 aromatic heterocycles. The summed E-state index contributed by atoms with van der Waals surface area (Å²) in [6.45, 7) is 4.91. The minimum atomic E-state index is -1.08. The summed E-state index contributed by atoms with van der Waals surface area (Å²) in [7, 11) is 0. The molecule has 0 saturated carbocycles. The number of H-pyrrole nitrogens is 1. The van der Waals surface area contributed by atoms with Crippen LogP contribution in [-0.2, 0) is 4.79 Å². The molecule has 0 spiro atoms. The minimum absolute atomic E-state index is 0.0434. The van der Waals surface area contributed by atoms with Crippen LogP contribution in [0.1, 0.15) is 28.4 Å². The van der Waals surface area contributed by atoms with Gasteiger partial charge in [0.2, 0.25) is 5.56 Å². The molecule has 20 heavy (non-hydrogen) atoms. The van der Waals surface area contributed by atoms with Crippen molar-refractivity contribution in [1.82, 2.24) is 4.98 Å². The van der Waals surface area contributed by atoms with E-state index in [1.165, 1.54) is 0 Å². The molecule has 106 valence electrons. The van der Waals surface area contributed by atoms with Crippen LogP contribution in [0.25, 0.3) is 10.9 Å². The van der Waals surface area contributed by atoms with Gasteiger partial charge in [-0.1, -0.05) is 0 Å². The van der Waals surface area contributed by atoms with Crippen molar-refractivity contribution in [3.05, 3.63) is 45.2 Å². The van der Waals surface area contributed by atoms with Gasteiger partial charge < -0.3 is 15.2 Å². The highest BCUT2D eigenvalue weighted by Crippen LogP contribution is 2.19. The number of hydrogen-bond acceptors (Lipinski definition) is 3. The Labute approximate surface area is 114 Å². The van der Waals surface area contributed by atoms with Gasteiger partial charge in [-0.25, -0.2) is 4.79 Å². The molecule has 2 aromatic rings. The smallest absolute Gasteiger partial charge is 0.336 e. The highest BCUT2D eigenvalue weighted by atomic mass is 16.4. The summed E-state index contributed by atoms with van der Waals surface area (Å²) in [5.41, 5.74) is 2.23. The fourth-order valence-corrected chi connectivity index (χ4v) is 1.70. The van der Waals surface area contributed by atoms with E-state index in [0.29, 0.717) is 10.9 Å². The first kappa shape index (κ1) is 15.4. The van der Waals surface area contributed by atoms with E-state index in [4.69, 9.17) is 15.0 Å². The van der Waals surface area contributed by atoms with Gasteiger partial charge in [0, 0.05) is 23.9 Å². The number of pyridine rings is 1. The Morgan fingerprint density at radius 1 is 1.05 bits per heavy atom. The van der Waals surface area contributed by atoms with Crippen LogP contribution in [0, 0.1) is 13.8 Å². The quantitative estimate of drug-likeness (QED) is 0.738. The number of benzene rings is 1. The highest BCUT2D eigenvalue weighted by Gasteiger charge is 2.11. The van der Waals surface area contributed by atoms with Crippen molar-refractivity contribution >= 4 is 22.8 Å². The van der Waals surface area contributed by atoms with Crippen molar-refractivity contribution in [3.8, 4) is 0 Å². The van der Waals surface area contributed by atoms with Crippen molar-refractivity contribution in [2.45, 2.75) is 20.8 Å². The van der Waals surface area contributed by atoms with E-state index in [2.05, 4.69) is 4.98 Å². The van der Waals surface area contributed by atoms with E-state index in [1.807, 2.05) is 13.8 Å². The number of rotatable bonds is 1. The van der Waals surface area contributed by atoms with Crippen molar-refractivity contribution in [1.29, 1.82) is 0 Å². The molecule has 0 aliphatic carbocycles. The molecule has 0 bridgehead atoms. The maximum atomic E-state index is 11.3. The van der Waals surface area contributed by atoms with E-state index < -0.39 is 17.5 Å². The van der Waals surface area contributed by atoms with Gasteiger partial charge in [0.15, 0.2) is 0 Å². The lowest BCUT2D eigenvalue weighted by Crippen LogP contribution is -2.10. The Morgan fingerprint density at radius 2 is 1.55 bits per heavy atom. The summed E-state index contributed by atoms with van der Waals surface area (Å²) >= 11 is 0. The molecule has 0 saturated heterocycles. The number of fused-ring (bicyclic) bond motifs is 1. The Bertz CT molecular complexity index is 726. The van der Waals surface area contributed by atoms with Crippen molar-refractivity contribution in [2.75, 3.05) is 0 Å². The first-order chi connectivity index (χ1) is 9.22. The number of aromatic amines is 1. The fourth-order valence-electron chi connectivity index (χ4n) is 1.70. The molecule has 0 amide bonds. The number of hydrogen-bond donors (Lipinski definition) is 3. The average Bonchev–Trinajstić information content (AvgIpc) is 2.29. The normalized spacial score (nSPS) is 9.75. The second kappa shape index (κ2) is 6.01. The number of nitrogens with one attached hydrogen (secondary N) is 1. The monoisotopic (exact) mass is 277 g/mol. The van der Waals surface area contributed by atoms with Gasteiger partial charge >= 0.3 is 5.97 Å². The van der Waals surface area contributed by atoms with E-state index in [0.717, 1.165) is 24.1 Å². The molecule has 0 aliphatic rings. The number of aliphatic carboxylic acids is 1. The van der Waals surface area contributed by atoms with Crippen molar-refractivity contribution in [3.63, 3.8) is 0 Å². The fraction of sp³-hybridized carbons (Fsp3) is 0.214. The largest absolute Gasteiger partial charge is 0.481 e. The Hall–Kier alpha value is -2.63. The summed E-state index contributed by atoms with van der Waals surface area (Å²) < 4.78 is 0. The molecule has 1 aromatic carbocycles. The SMILES string of the molecule is CC(=O)O.Cc1cc2[nH]c(=O)cc(C(=O)O)c2cc1C. The van der Waals surface area contributed by atoms with Gasteiger partial charge in [-0.2, -0.15) is 0 Å². The summed E-state index contributed by atoms with van der Waals surface area (Å²) in [4.78, 5) is 33.9. The lowest BCUT2D eigenvalue weighted by atomic mass is 10.0. The first-order valence-corrected chi connectivity index (χ1v) is 5.79. The third kappa shape index (κ3) is 3.68. The second-order valence-corrected chi connectivity index (χ2v) is 4.35. The third-order valence-corrected chi connectivity index (χ3v) is 2.69. The molecule has 0 unspecified atom stereocenters. The Kier molecular flexibility index (Phi) is 4.63. The van der Waals surface area contributed by atoms with Crippen LogP contribution in [0.15, 0.2) is 23.0 Å². The zero-order valence-electron chi connectivity index (χ0n) is 11.4. The molecule has 2 rings (SSSR count). The molecule has 3 N–H and O–H groups in total. The number of aromatic carboxylic acids is 1. The molecule has 6 nitrogen and oxygen atoms in total. The van der Waals surface area contributed by atoms with E-state index >= 15 is 0 Å². The topological polar surface area (TPSA) is 107 Å². The predicted molar refractivity (Wildman–Crippen MR) is 74.3 cm³/mol. The molecular formula is C14H15NO5. The number of carboxylic acid groups (broad SMARTS) is 2. The first-order valence-electron chi connectivity index (χ1n) is 5.79. The van der Waals surface area contributed by atoms with E-state index in [1.54, 1.807) is 12.1 Å². The summed E-state index contributed by atoms with van der Waals surface area (Å²) in [6.07, 6.45) is 0. The lowest BCUT2D eigenvalue weighted by molar-refractivity contribution is -0.134. The minimum Gasteiger partial charge on any atom is -0.481 e. The van der Waals surface area contributed by atoms with Crippen LogP contribution >= 0.6 is 0 Å². The van der Waals surface area contributed by atoms with Gasteiger partial charge in [-0.15, -0.1) is 0 Å².